The fraction of sp³-hybridized carbons (Fsp3) is 0.200. The molecule has 180 valence electrons. The average molecular weight is 577 g/mol. The van der Waals surface area contributed by atoms with Crippen molar-refractivity contribution in [2.45, 2.75) is 63.9 Å². The average Bonchev–Trinajstić information content (AvgIpc) is 3.61. The van der Waals surface area contributed by atoms with Crippen LogP contribution < -0.4 is 0 Å². The van der Waals surface area contributed by atoms with Gasteiger partial charge in [0.15, 0.2) is 0 Å². The number of thioether (sulfide) groups is 6. The molecule has 6 heteroatoms. The maximum absolute atomic E-state index is 2.32. The van der Waals surface area contributed by atoms with Gasteiger partial charge in [-0.05, 0) is 37.5 Å². The zero-order chi connectivity index (χ0) is 24.4. The molecule has 0 saturated carbocycles. The highest BCUT2D eigenvalue weighted by Crippen LogP contribution is 2.74. The Bertz CT molecular complexity index is 1210. The minimum Gasteiger partial charge on any atom is -0.104 e. The van der Waals surface area contributed by atoms with Crippen LogP contribution in [0.3, 0.4) is 0 Å². The van der Waals surface area contributed by atoms with Gasteiger partial charge in [0.25, 0.3) is 0 Å². The van der Waals surface area contributed by atoms with E-state index < -0.39 is 0 Å². The molecule has 3 aliphatic rings. The molecular formula is C30H24S6. The first kappa shape index (κ1) is 24.1. The highest BCUT2D eigenvalue weighted by atomic mass is 32.2. The van der Waals surface area contributed by atoms with Crippen LogP contribution in [0.15, 0.2) is 102 Å². The molecule has 0 bridgehead atoms. The monoisotopic (exact) mass is 576 g/mol. The predicted molar refractivity (Wildman–Crippen MR) is 163 cm³/mol. The molecule has 0 spiro atoms. The second kappa shape index (κ2) is 9.62. The lowest BCUT2D eigenvalue weighted by atomic mass is 10.2. The molecule has 0 nitrogen and oxygen atoms in total. The Morgan fingerprint density at radius 1 is 0.333 bits per heavy atom. The van der Waals surface area contributed by atoms with Gasteiger partial charge >= 0.3 is 0 Å². The van der Waals surface area contributed by atoms with Crippen LogP contribution in [0.2, 0.25) is 0 Å². The smallest absolute Gasteiger partial charge is 0.0847 e. The van der Waals surface area contributed by atoms with Gasteiger partial charge in [-0.15, -0.1) is 70.6 Å². The Morgan fingerprint density at radius 2 is 0.528 bits per heavy atom. The second-order valence-corrected chi connectivity index (χ2v) is 17.0. The van der Waals surface area contributed by atoms with Crippen molar-refractivity contribution in [3.05, 3.63) is 106 Å². The number of fused-ring (bicyclic) bond motifs is 6. The highest BCUT2D eigenvalue weighted by Gasteiger charge is 2.42. The Hall–Kier alpha value is -1.02. The third-order valence-corrected chi connectivity index (χ3v) is 15.9. The lowest BCUT2D eigenvalue weighted by molar-refractivity contribution is 0.892. The minimum atomic E-state index is 0.421. The molecule has 36 heavy (non-hydrogen) atoms. The predicted octanol–water partition coefficient (Wildman–Crippen LogP) is 11.3. The van der Waals surface area contributed by atoms with Crippen molar-refractivity contribution in [1.82, 2.24) is 0 Å². The fourth-order valence-corrected chi connectivity index (χ4v) is 14.5. The first-order chi connectivity index (χ1) is 17.5. The van der Waals surface area contributed by atoms with Crippen molar-refractivity contribution in [2.75, 3.05) is 0 Å². The molecule has 7 rings (SSSR count). The van der Waals surface area contributed by atoms with Crippen LogP contribution in [0.1, 0.15) is 47.1 Å². The van der Waals surface area contributed by atoms with Crippen molar-refractivity contribution in [2.24, 2.45) is 0 Å². The summed E-state index contributed by atoms with van der Waals surface area (Å²) >= 11 is 12.4. The molecule has 0 atom stereocenters. The number of benzene rings is 4. The highest BCUT2D eigenvalue weighted by molar-refractivity contribution is 8.23. The zero-order valence-electron chi connectivity index (χ0n) is 20.1. The Morgan fingerprint density at radius 3 is 0.722 bits per heavy atom. The van der Waals surface area contributed by atoms with Crippen LogP contribution in [-0.4, -0.2) is 0 Å². The molecule has 0 saturated heterocycles. The molecule has 0 amide bonds. The van der Waals surface area contributed by atoms with Gasteiger partial charge in [-0.25, -0.2) is 0 Å². The van der Waals surface area contributed by atoms with Crippen LogP contribution in [0.5, 0.6) is 0 Å². The lowest BCUT2D eigenvalue weighted by Crippen LogP contribution is -1.85. The van der Waals surface area contributed by atoms with E-state index >= 15 is 0 Å². The molecule has 0 fully saturated rings. The van der Waals surface area contributed by atoms with E-state index in [1.165, 1.54) is 62.8 Å². The maximum atomic E-state index is 2.32. The van der Waals surface area contributed by atoms with Crippen molar-refractivity contribution >= 4 is 70.6 Å². The van der Waals surface area contributed by atoms with Gasteiger partial charge in [0.2, 0.25) is 0 Å². The van der Waals surface area contributed by atoms with Gasteiger partial charge in [0.1, 0.15) is 0 Å². The normalized spacial score (nSPS) is 21.9. The molecule has 0 unspecified atom stereocenters. The van der Waals surface area contributed by atoms with E-state index in [0.29, 0.717) is 13.7 Å². The van der Waals surface area contributed by atoms with Crippen molar-refractivity contribution < 1.29 is 0 Å². The minimum absolute atomic E-state index is 0.421. The lowest BCUT2D eigenvalue weighted by Gasteiger charge is -2.10. The Kier molecular flexibility index (Phi) is 6.43. The first-order valence-corrected chi connectivity index (χ1v) is 17.2. The summed E-state index contributed by atoms with van der Waals surface area (Å²) in [4.78, 5) is 9.11. The van der Waals surface area contributed by atoms with Crippen molar-refractivity contribution in [3.63, 3.8) is 0 Å². The standard InChI is InChI=1S/C30H24S6/c1-16-4-10-19(11-5-16)28-31-22-23(32-28)25-27(36-30(34-25)21-14-8-18(3)9-15-21)26-24(22)33-29(35-26)20-12-6-17(2)7-13-20/h4-15,28-30H,1-3H3. The molecule has 3 aliphatic heterocycles. The summed E-state index contributed by atoms with van der Waals surface area (Å²) in [5.41, 5.74) is 8.24. The first-order valence-electron chi connectivity index (χ1n) is 12.0. The van der Waals surface area contributed by atoms with E-state index in [9.17, 15) is 0 Å². The Balaban J connectivity index is 1.29. The van der Waals surface area contributed by atoms with Gasteiger partial charge in [0.05, 0.1) is 13.7 Å². The summed E-state index contributed by atoms with van der Waals surface area (Å²) in [6, 6.07) is 27.4. The van der Waals surface area contributed by atoms with Crippen molar-refractivity contribution in [1.29, 1.82) is 0 Å². The molecular weight excluding hydrogens is 553 g/mol. The van der Waals surface area contributed by atoms with Crippen molar-refractivity contribution in [3.8, 4) is 0 Å². The second-order valence-electron chi connectivity index (χ2n) is 9.41. The molecule has 0 aliphatic carbocycles. The third-order valence-electron chi connectivity index (χ3n) is 6.64. The third kappa shape index (κ3) is 4.26. The summed E-state index contributed by atoms with van der Waals surface area (Å²) in [5.74, 6) is 0. The quantitative estimate of drug-likeness (QED) is 0.236. The number of aryl methyl sites for hydroxylation is 3. The van der Waals surface area contributed by atoms with Crippen LogP contribution in [0, 0.1) is 20.8 Å². The van der Waals surface area contributed by atoms with Crippen LogP contribution in [-0.2, 0) is 0 Å². The van der Waals surface area contributed by atoms with Gasteiger partial charge < -0.3 is 0 Å². The summed E-state index contributed by atoms with van der Waals surface area (Å²) in [6.07, 6.45) is 0. The largest absolute Gasteiger partial charge is 0.104 e. The summed E-state index contributed by atoms with van der Waals surface area (Å²) in [7, 11) is 0. The fourth-order valence-electron chi connectivity index (χ4n) is 4.55. The topological polar surface area (TPSA) is 0 Å². The Labute approximate surface area is 239 Å². The van der Waals surface area contributed by atoms with Gasteiger partial charge in [-0.2, -0.15) is 0 Å². The SMILES string of the molecule is Cc1ccc(C2Sc3c4c(c5c(c3S2)SC(c2ccc(C)cc2)S5)SC(c2ccc(C)cc2)S4)cc1. The molecule has 0 radical (unpaired) electrons. The van der Waals surface area contributed by atoms with Gasteiger partial charge in [-0.1, -0.05) is 89.5 Å². The van der Waals surface area contributed by atoms with Crippen LogP contribution in [0.25, 0.3) is 0 Å². The number of hydrogen-bond acceptors (Lipinski definition) is 6. The van der Waals surface area contributed by atoms with Gasteiger partial charge in [-0.3, -0.25) is 0 Å². The van der Waals surface area contributed by atoms with E-state index in [1.807, 2.05) is 0 Å². The summed E-state index contributed by atoms with van der Waals surface area (Å²) in [5, 5.41) is 0. The number of rotatable bonds is 3. The van der Waals surface area contributed by atoms with E-state index in [0.717, 1.165) is 0 Å². The van der Waals surface area contributed by atoms with E-state index in [4.69, 9.17) is 0 Å². The zero-order valence-corrected chi connectivity index (χ0v) is 25.0. The molecule has 4 aromatic rings. The maximum Gasteiger partial charge on any atom is 0.0847 e. The molecule has 4 aromatic carbocycles. The molecule has 0 aromatic heterocycles. The van der Waals surface area contributed by atoms with Crippen LogP contribution >= 0.6 is 70.6 Å². The van der Waals surface area contributed by atoms with Gasteiger partial charge in [0, 0.05) is 29.4 Å². The summed E-state index contributed by atoms with van der Waals surface area (Å²) < 4.78 is 1.26. The number of hydrogen-bond donors (Lipinski definition) is 0. The molecule has 3 heterocycles. The summed E-state index contributed by atoms with van der Waals surface area (Å²) in [6.45, 7) is 6.52. The van der Waals surface area contributed by atoms with E-state index in [1.54, 1.807) is 0 Å². The van der Waals surface area contributed by atoms with Crippen LogP contribution in [0.4, 0.5) is 0 Å². The molecule has 0 N–H and O–H groups in total. The van der Waals surface area contributed by atoms with E-state index in [2.05, 4.69) is 164 Å². The van der Waals surface area contributed by atoms with E-state index in [-0.39, 0.29) is 0 Å².